The van der Waals surface area contributed by atoms with E-state index in [1.807, 2.05) is 55.1 Å². The Balaban J connectivity index is 1.96. The van der Waals surface area contributed by atoms with Crippen molar-refractivity contribution in [2.24, 2.45) is 4.99 Å². The number of carbonyl (C=O) groups excluding carboxylic acids is 1. The number of thioether (sulfide) groups is 1. The minimum absolute atomic E-state index is 0.0632. The maximum absolute atomic E-state index is 12.0. The number of fused-ring (bicyclic) bond motifs is 1. The van der Waals surface area contributed by atoms with Crippen LogP contribution in [0.15, 0.2) is 29.3 Å². The summed E-state index contributed by atoms with van der Waals surface area (Å²) in [6, 6.07) is 7.74. The Morgan fingerprint density at radius 2 is 1.96 bits per heavy atom. The predicted octanol–water partition coefficient (Wildman–Crippen LogP) is 2.15. The Hall–Kier alpha value is -1.54. The molecule has 1 amide bonds. The first-order chi connectivity index (χ1) is 11.8. The second-order valence-electron chi connectivity index (χ2n) is 6.62. The average Bonchev–Trinajstić information content (AvgIpc) is 2.98. The van der Waals surface area contributed by atoms with Gasteiger partial charge in [0, 0.05) is 37.1 Å². The molecule has 0 bridgehead atoms. The molecule has 0 unspecified atom stereocenters. The first kappa shape index (κ1) is 18.3. The highest BCUT2D eigenvalue weighted by Gasteiger charge is 2.49. The van der Waals surface area contributed by atoms with Crippen molar-refractivity contribution in [2.45, 2.75) is 31.1 Å². The van der Waals surface area contributed by atoms with E-state index >= 15 is 0 Å². The molecule has 2 aliphatic rings. The van der Waals surface area contributed by atoms with Crippen LogP contribution in [0, 0.1) is 0 Å². The third-order valence-corrected chi connectivity index (χ3v) is 7.60. The lowest BCUT2D eigenvalue weighted by Gasteiger charge is -2.25. The predicted molar refractivity (Wildman–Crippen MR) is 104 cm³/mol. The highest BCUT2D eigenvalue weighted by molar-refractivity contribution is 8.16. The van der Waals surface area contributed by atoms with Gasteiger partial charge < -0.3 is 9.80 Å². The second kappa shape index (κ2) is 6.99. The van der Waals surface area contributed by atoms with E-state index in [-0.39, 0.29) is 28.7 Å². The summed E-state index contributed by atoms with van der Waals surface area (Å²) in [4.78, 5) is 20.2. The first-order valence-corrected chi connectivity index (χ1v) is 11.1. The van der Waals surface area contributed by atoms with Crippen LogP contribution in [0.25, 0.3) is 0 Å². The Labute approximate surface area is 153 Å². The number of sulfone groups is 1. The molecular formula is C17H23N3O3S2. The van der Waals surface area contributed by atoms with Crippen LogP contribution in [0.1, 0.15) is 19.8 Å². The summed E-state index contributed by atoms with van der Waals surface area (Å²) in [7, 11) is 0.897. The fourth-order valence-corrected chi connectivity index (χ4v) is 7.09. The number of amides is 1. The van der Waals surface area contributed by atoms with Gasteiger partial charge in [-0.05, 0) is 30.7 Å². The van der Waals surface area contributed by atoms with Crippen molar-refractivity contribution in [1.29, 1.82) is 0 Å². The van der Waals surface area contributed by atoms with E-state index in [2.05, 4.69) is 4.99 Å². The smallest absolute Gasteiger partial charge is 0.248 e. The van der Waals surface area contributed by atoms with E-state index in [9.17, 15) is 13.2 Å². The molecule has 6 nitrogen and oxygen atoms in total. The van der Waals surface area contributed by atoms with Gasteiger partial charge in [-0.25, -0.2) is 8.42 Å². The van der Waals surface area contributed by atoms with Crippen molar-refractivity contribution < 1.29 is 13.2 Å². The number of anilines is 2. The van der Waals surface area contributed by atoms with E-state index in [4.69, 9.17) is 0 Å². The maximum Gasteiger partial charge on any atom is 0.248 e. The summed E-state index contributed by atoms with van der Waals surface area (Å²) < 4.78 is 24.1. The van der Waals surface area contributed by atoms with Crippen LogP contribution >= 0.6 is 11.8 Å². The van der Waals surface area contributed by atoms with Gasteiger partial charge in [-0.3, -0.25) is 4.79 Å². The molecule has 0 radical (unpaired) electrons. The van der Waals surface area contributed by atoms with Crippen molar-refractivity contribution >= 4 is 44.0 Å². The van der Waals surface area contributed by atoms with Gasteiger partial charge >= 0.3 is 0 Å². The fourth-order valence-electron chi connectivity index (χ4n) is 3.15. The van der Waals surface area contributed by atoms with Crippen LogP contribution in [0.4, 0.5) is 11.4 Å². The van der Waals surface area contributed by atoms with Crippen LogP contribution in [0.3, 0.4) is 0 Å². The van der Waals surface area contributed by atoms with Gasteiger partial charge in [-0.2, -0.15) is 4.99 Å². The SMILES string of the molecule is CCCC(=O)N=C1S[C@@H]2CS(=O)(=O)C[C@@H]2N1c1ccc(N(C)C)cc1. The molecule has 2 saturated heterocycles. The number of nitrogens with zero attached hydrogens (tertiary/aromatic N) is 3. The Bertz CT molecular complexity index is 788. The van der Waals surface area contributed by atoms with Crippen molar-refractivity contribution in [3.05, 3.63) is 24.3 Å². The maximum atomic E-state index is 12.0. The van der Waals surface area contributed by atoms with E-state index < -0.39 is 9.84 Å². The lowest BCUT2D eigenvalue weighted by atomic mass is 10.2. The summed E-state index contributed by atoms with van der Waals surface area (Å²) >= 11 is 1.42. The summed E-state index contributed by atoms with van der Waals surface area (Å²) in [5.41, 5.74) is 1.94. The number of hydrogen-bond acceptors (Lipinski definition) is 5. The van der Waals surface area contributed by atoms with Crippen LogP contribution in [0.5, 0.6) is 0 Å². The van der Waals surface area contributed by atoms with Crippen molar-refractivity contribution in [3.8, 4) is 0 Å². The number of benzene rings is 1. The first-order valence-electron chi connectivity index (χ1n) is 8.36. The zero-order chi connectivity index (χ0) is 18.2. The molecule has 0 spiro atoms. The summed E-state index contributed by atoms with van der Waals surface area (Å²) in [6.07, 6.45) is 1.16. The molecule has 2 fully saturated rings. The largest absolute Gasteiger partial charge is 0.378 e. The van der Waals surface area contributed by atoms with Gasteiger partial charge in [0.25, 0.3) is 0 Å². The number of carbonyl (C=O) groups is 1. The van der Waals surface area contributed by atoms with Crippen LogP contribution in [0.2, 0.25) is 0 Å². The van der Waals surface area contributed by atoms with E-state index in [1.54, 1.807) is 0 Å². The fraction of sp³-hybridized carbons (Fsp3) is 0.529. The average molecular weight is 382 g/mol. The van der Waals surface area contributed by atoms with E-state index in [0.29, 0.717) is 11.6 Å². The molecule has 2 aliphatic heterocycles. The molecular weight excluding hydrogens is 358 g/mol. The molecule has 1 aromatic rings. The molecule has 0 aliphatic carbocycles. The van der Waals surface area contributed by atoms with Gasteiger partial charge in [0.05, 0.1) is 17.5 Å². The Morgan fingerprint density at radius 3 is 2.56 bits per heavy atom. The number of rotatable bonds is 4. The lowest BCUT2D eigenvalue weighted by molar-refractivity contribution is -0.117. The van der Waals surface area contributed by atoms with Crippen molar-refractivity contribution in [1.82, 2.24) is 0 Å². The number of aliphatic imine (C=N–C) groups is 1. The molecule has 2 heterocycles. The lowest BCUT2D eigenvalue weighted by Crippen LogP contribution is -2.37. The molecule has 136 valence electrons. The molecule has 2 atom stereocenters. The van der Waals surface area contributed by atoms with Crippen LogP contribution in [-0.4, -0.2) is 56.4 Å². The molecule has 0 N–H and O–H groups in total. The standard InChI is InChI=1S/C17H23N3O3S2/c1-4-5-16(21)18-17-20(13-8-6-12(7-9-13)19(2)3)14-10-25(22,23)11-15(14)24-17/h6-9,14-15H,4-5,10-11H2,1-3H3/t14-,15+/m0/s1. The van der Waals surface area contributed by atoms with Crippen LogP contribution < -0.4 is 9.80 Å². The highest BCUT2D eigenvalue weighted by atomic mass is 32.2. The van der Waals surface area contributed by atoms with Gasteiger partial charge in [0.2, 0.25) is 5.91 Å². The minimum Gasteiger partial charge on any atom is -0.378 e. The molecule has 8 heteroatoms. The monoisotopic (exact) mass is 381 g/mol. The van der Waals surface area contributed by atoms with Gasteiger partial charge in [0.1, 0.15) is 0 Å². The molecule has 0 saturated carbocycles. The zero-order valence-corrected chi connectivity index (χ0v) is 16.3. The zero-order valence-electron chi connectivity index (χ0n) is 14.7. The normalized spacial score (nSPS) is 26.0. The molecule has 25 heavy (non-hydrogen) atoms. The quantitative estimate of drug-likeness (QED) is 0.796. The Kier molecular flexibility index (Phi) is 5.11. The summed E-state index contributed by atoms with van der Waals surface area (Å²) in [5.74, 6) is 0.110. The second-order valence-corrected chi connectivity index (χ2v) is 9.98. The Morgan fingerprint density at radius 1 is 1.28 bits per heavy atom. The summed E-state index contributed by atoms with van der Waals surface area (Å²) in [5, 5.41) is 0.563. The molecule has 1 aromatic carbocycles. The molecule has 3 rings (SSSR count). The summed E-state index contributed by atoms with van der Waals surface area (Å²) in [6.45, 7) is 1.94. The van der Waals surface area contributed by atoms with Crippen molar-refractivity contribution in [3.63, 3.8) is 0 Å². The topological polar surface area (TPSA) is 70.0 Å². The van der Waals surface area contributed by atoms with Gasteiger partial charge in [-0.15, -0.1) is 0 Å². The van der Waals surface area contributed by atoms with Crippen molar-refractivity contribution in [2.75, 3.05) is 35.4 Å². The minimum atomic E-state index is -3.04. The van der Waals surface area contributed by atoms with E-state index in [0.717, 1.165) is 17.8 Å². The van der Waals surface area contributed by atoms with Gasteiger partial charge in [-0.1, -0.05) is 18.7 Å². The van der Waals surface area contributed by atoms with Gasteiger partial charge in [0.15, 0.2) is 15.0 Å². The number of hydrogen-bond donors (Lipinski definition) is 0. The third-order valence-electron chi connectivity index (χ3n) is 4.40. The van der Waals surface area contributed by atoms with E-state index in [1.165, 1.54) is 11.8 Å². The molecule has 0 aromatic heterocycles. The van der Waals surface area contributed by atoms with Crippen LogP contribution in [-0.2, 0) is 14.6 Å². The number of amidine groups is 1. The third kappa shape index (κ3) is 3.84. The highest BCUT2D eigenvalue weighted by Crippen LogP contribution is 2.41.